The third-order valence-electron chi connectivity index (χ3n) is 5.10. The van der Waals surface area contributed by atoms with E-state index in [1.165, 1.54) is 4.90 Å². The van der Waals surface area contributed by atoms with Gasteiger partial charge in [0.15, 0.2) is 0 Å². The van der Waals surface area contributed by atoms with Crippen molar-refractivity contribution in [3.8, 4) is 11.5 Å². The molecule has 0 bridgehead atoms. The van der Waals surface area contributed by atoms with Gasteiger partial charge in [-0.15, -0.1) is 0 Å². The lowest BCUT2D eigenvalue weighted by molar-refractivity contribution is -0.123. The number of nitrogens with zero attached hydrogens (tertiary/aromatic N) is 1. The molecule has 1 aliphatic rings. The van der Waals surface area contributed by atoms with Crippen LogP contribution in [-0.4, -0.2) is 29.3 Å². The highest BCUT2D eigenvalue weighted by Crippen LogP contribution is 2.38. The predicted molar refractivity (Wildman–Crippen MR) is 134 cm³/mol. The Hall–Kier alpha value is -2.67. The zero-order valence-electron chi connectivity index (χ0n) is 18.1. The van der Waals surface area contributed by atoms with Gasteiger partial charge in [-0.05, 0) is 78.4 Å². The van der Waals surface area contributed by atoms with Crippen molar-refractivity contribution in [3.05, 3.63) is 74.6 Å². The van der Waals surface area contributed by atoms with E-state index < -0.39 is 0 Å². The largest absolute Gasteiger partial charge is 0.494 e. The van der Waals surface area contributed by atoms with Crippen LogP contribution in [0.2, 0.25) is 10.0 Å². The normalized spacial score (nSPS) is 15.0. The maximum absolute atomic E-state index is 13.2. The second-order valence-corrected chi connectivity index (χ2v) is 9.07. The summed E-state index contributed by atoms with van der Waals surface area (Å²) >= 11 is 13.1. The van der Waals surface area contributed by atoms with Gasteiger partial charge in [0.25, 0.3) is 11.1 Å². The van der Waals surface area contributed by atoms with Gasteiger partial charge in [0.2, 0.25) is 0 Å². The van der Waals surface area contributed by atoms with Crippen molar-refractivity contribution >= 4 is 63.0 Å². The van der Waals surface area contributed by atoms with Crippen LogP contribution in [0.4, 0.5) is 4.79 Å². The fourth-order valence-corrected chi connectivity index (χ4v) is 4.86. The standard InChI is InChI=1S/C25H21Cl2NO4S/c1-3-31-18-9-6-15-7-10-22(32-4-2)20(19(15)12-18)13-23-24(29)28(25(30)33-23)14-16-5-8-17(26)11-21(16)27/h5-13H,3-4,14H2,1-2H3/b23-13-. The van der Waals surface area contributed by atoms with Crippen molar-refractivity contribution in [2.45, 2.75) is 20.4 Å². The van der Waals surface area contributed by atoms with Gasteiger partial charge in [-0.3, -0.25) is 14.5 Å². The Kier molecular flexibility index (Phi) is 7.17. The highest BCUT2D eigenvalue weighted by Gasteiger charge is 2.35. The summed E-state index contributed by atoms with van der Waals surface area (Å²) < 4.78 is 11.5. The number of benzene rings is 3. The van der Waals surface area contributed by atoms with Gasteiger partial charge in [-0.1, -0.05) is 41.4 Å². The average molecular weight is 502 g/mol. The van der Waals surface area contributed by atoms with Crippen molar-refractivity contribution in [2.75, 3.05) is 13.2 Å². The number of fused-ring (bicyclic) bond motifs is 1. The Morgan fingerprint density at radius 3 is 2.45 bits per heavy atom. The number of ether oxygens (including phenoxy) is 2. The van der Waals surface area contributed by atoms with Crippen LogP contribution in [0.3, 0.4) is 0 Å². The van der Waals surface area contributed by atoms with E-state index in [-0.39, 0.29) is 17.7 Å². The molecule has 33 heavy (non-hydrogen) atoms. The van der Waals surface area contributed by atoms with Crippen LogP contribution >= 0.6 is 35.0 Å². The molecule has 1 heterocycles. The molecular formula is C25H21Cl2NO4S. The third-order valence-corrected chi connectivity index (χ3v) is 6.59. The van der Waals surface area contributed by atoms with Crippen molar-refractivity contribution < 1.29 is 19.1 Å². The van der Waals surface area contributed by atoms with Crippen LogP contribution in [-0.2, 0) is 11.3 Å². The van der Waals surface area contributed by atoms with Gasteiger partial charge < -0.3 is 9.47 Å². The minimum atomic E-state index is -0.378. The first-order valence-electron chi connectivity index (χ1n) is 10.4. The summed E-state index contributed by atoms with van der Waals surface area (Å²) in [6.45, 7) is 4.89. The van der Waals surface area contributed by atoms with Crippen molar-refractivity contribution in [2.24, 2.45) is 0 Å². The molecular weight excluding hydrogens is 481 g/mol. The van der Waals surface area contributed by atoms with Gasteiger partial charge >= 0.3 is 0 Å². The number of hydrogen-bond acceptors (Lipinski definition) is 5. The quantitative estimate of drug-likeness (QED) is 0.321. The molecule has 1 saturated heterocycles. The Bertz CT molecular complexity index is 1270. The molecule has 8 heteroatoms. The van der Waals surface area contributed by atoms with Gasteiger partial charge in [-0.2, -0.15) is 0 Å². The molecule has 1 aliphatic heterocycles. The van der Waals surface area contributed by atoms with E-state index >= 15 is 0 Å². The topological polar surface area (TPSA) is 55.8 Å². The first-order chi connectivity index (χ1) is 15.9. The van der Waals surface area contributed by atoms with E-state index in [1.807, 2.05) is 44.2 Å². The molecule has 0 aliphatic carbocycles. The molecule has 3 aromatic rings. The summed E-state index contributed by atoms with van der Waals surface area (Å²) in [6, 6.07) is 14.6. The van der Waals surface area contributed by atoms with Gasteiger partial charge in [0, 0.05) is 15.6 Å². The first-order valence-corrected chi connectivity index (χ1v) is 12.0. The maximum Gasteiger partial charge on any atom is 0.293 e. The maximum atomic E-state index is 13.2. The predicted octanol–water partition coefficient (Wildman–Crippen LogP) is 7.18. The lowest BCUT2D eigenvalue weighted by Gasteiger charge is -2.14. The fourth-order valence-electron chi connectivity index (χ4n) is 3.58. The van der Waals surface area contributed by atoms with Crippen LogP contribution in [0.5, 0.6) is 11.5 Å². The highest BCUT2D eigenvalue weighted by atomic mass is 35.5. The van der Waals surface area contributed by atoms with Crippen LogP contribution < -0.4 is 9.47 Å². The smallest absolute Gasteiger partial charge is 0.293 e. The molecule has 0 atom stereocenters. The summed E-state index contributed by atoms with van der Waals surface area (Å²) in [5.41, 5.74) is 1.37. The van der Waals surface area contributed by atoms with Gasteiger partial charge in [-0.25, -0.2) is 0 Å². The number of halogens is 2. The van der Waals surface area contributed by atoms with Crippen LogP contribution in [0.25, 0.3) is 16.8 Å². The second-order valence-electron chi connectivity index (χ2n) is 7.23. The van der Waals surface area contributed by atoms with Gasteiger partial charge in [0.05, 0.1) is 24.7 Å². The summed E-state index contributed by atoms with van der Waals surface area (Å²) in [7, 11) is 0. The van der Waals surface area contributed by atoms with E-state index in [4.69, 9.17) is 32.7 Å². The summed E-state index contributed by atoms with van der Waals surface area (Å²) in [4.78, 5) is 27.4. The van der Waals surface area contributed by atoms with E-state index in [0.717, 1.165) is 33.8 Å². The highest BCUT2D eigenvalue weighted by molar-refractivity contribution is 8.18. The summed E-state index contributed by atoms with van der Waals surface area (Å²) in [5.74, 6) is 0.974. The Balaban J connectivity index is 1.73. The van der Waals surface area contributed by atoms with E-state index in [0.29, 0.717) is 39.5 Å². The lowest BCUT2D eigenvalue weighted by Crippen LogP contribution is -2.27. The second kappa shape index (κ2) is 10.1. The number of rotatable bonds is 7. The molecule has 2 amide bonds. The zero-order chi connectivity index (χ0) is 23.5. The number of amides is 2. The van der Waals surface area contributed by atoms with Crippen LogP contribution in [0.1, 0.15) is 25.0 Å². The molecule has 0 radical (unpaired) electrons. The minimum absolute atomic E-state index is 0.0698. The number of carbonyl (C=O) groups is 2. The fraction of sp³-hybridized carbons (Fsp3) is 0.200. The zero-order valence-corrected chi connectivity index (χ0v) is 20.4. The first kappa shape index (κ1) is 23.5. The lowest BCUT2D eigenvalue weighted by atomic mass is 10.0. The van der Waals surface area contributed by atoms with Crippen molar-refractivity contribution in [1.29, 1.82) is 0 Å². The average Bonchev–Trinajstić information content (AvgIpc) is 3.05. The number of thioether (sulfide) groups is 1. The Morgan fingerprint density at radius 2 is 1.73 bits per heavy atom. The molecule has 0 aromatic heterocycles. The van der Waals surface area contributed by atoms with Crippen molar-refractivity contribution in [3.63, 3.8) is 0 Å². The van der Waals surface area contributed by atoms with E-state index in [9.17, 15) is 9.59 Å². The van der Waals surface area contributed by atoms with Crippen LogP contribution in [0.15, 0.2) is 53.4 Å². The SMILES string of the molecule is CCOc1ccc2ccc(OCC)c(/C=C3\SC(=O)N(Cc4ccc(Cl)cc4Cl)C3=O)c2c1. The molecule has 0 spiro atoms. The molecule has 0 saturated carbocycles. The Morgan fingerprint density at radius 1 is 0.970 bits per heavy atom. The third kappa shape index (κ3) is 4.98. The summed E-state index contributed by atoms with van der Waals surface area (Å²) in [5, 5.41) is 2.38. The molecule has 5 nitrogen and oxygen atoms in total. The molecule has 170 valence electrons. The summed E-state index contributed by atoms with van der Waals surface area (Å²) in [6.07, 6.45) is 1.72. The number of imide groups is 1. The molecule has 4 rings (SSSR count). The number of hydrogen-bond donors (Lipinski definition) is 0. The molecule has 3 aromatic carbocycles. The monoisotopic (exact) mass is 501 g/mol. The van der Waals surface area contributed by atoms with Crippen molar-refractivity contribution in [1.82, 2.24) is 4.90 Å². The molecule has 1 fully saturated rings. The number of carbonyl (C=O) groups excluding carboxylic acids is 2. The van der Waals surface area contributed by atoms with Gasteiger partial charge in [0.1, 0.15) is 11.5 Å². The van der Waals surface area contributed by atoms with Crippen LogP contribution in [0, 0.1) is 0 Å². The molecule has 0 N–H and O–H groups in total. The minimum Gasteiger partial charge on any atom is -0.494 e. The molecule has 0 unspecified atom stereocenters. The van der Waals surface area contributed by atoms with E-state index in [1.54, 1.807) is 24.3 Å². The Labute approximate surface area is 206 Å². The van der Waals surface area contributed by atoms with E-state index in [2.05, 4.69) is 0 Å².